The molecule has 1 N–H and O–H groups in total. The Kier molecular flexibility index (Phi) is 2.98. The fraction of sp³-hybridized carbons (Fsp3) is 0.538. The summed E-state index contributed by atoms with van der Waals surface area (Å²) in [6.45, 7) is 6.05. The topological polar surface area (TPSA) is 12.0 Å². The molecule has 1 aliphatic heterocycles. The standard InChI is InChI=1S/C13H17F2N/c1-9(2)13(7-16-8-13)6-10-5-11(14)3-4-12(10)15/h3-5,9,16H,6-8H2,1-2H3. The highest BCUT2D eigenvalue weighted by Gasteiger charge is 2.40. The predicted molar refractivity (Wildman–Crippen MR) is 60.2 cm³/mol. The summed E-state index contributed by atoms with van der Waals surface area (Å²) in [6.07, 6.45) is 0.612. The van der Waals surface area contributed by atoms with Crippen LogP contribution in [0.4, 0.5) is 8.78 Å². The second-order valence-corrected chi connectivity index (χ2v) is 5.03. The quantitative estimate of drug-likeness (QED) is 0.834. The van der Waals surface area contributed by atoms with Crippen LogP contribution in [0.25, 0.3) is 0 Å². The minimum absolute atomic E-state index is 0.0919. The molecule has 1 aromatic carbocycles. The Labute approximate surface area is 94.9 Å². The van der Waals surface area contributed by atoms with Crippen molar-refractivity contribution in [3.8, 4) is 0 Å². The van der Waals surface area contributed by atoms with E-state index < -0.39 is 0 Å². The van der Waals surface area contributed by atoms with Crippen molar-refractivity contribution >= 4 is 0 Å². The molecule has 0 radical (unpaired) electrons. The number of hydrogen-bond acceptors (Lipinski definition) is 1. The Morgan fingerprint density at radius 2 is 2.00 bits per heavy atom. The number of halogens is 2. The van der Waals surface area contributed by atoms with E-state index in [1.54, 1.807) is 0 Å². The molecule has 0 aliphatic carbocycles. The predicted octanol–water partition coefficient (Wildman–Crippen LogP) is 2.75. The maximum Gasteiger partial charge on any atom is 0.126 e. The third-order valence-electron chi connectivity index (χ3n) is 3.73. The lowest BCUT2D eigenvalue weighted by Crippen LogP contribution is -2.57. The SMILES string of the molecule is CC(C)C1(Cc2cc(F)ccc2F)CNC1. The molecule has 1 fully saturated rings. The average Bonchev–Trinajstić information content (AvgIpc) is 2.16. The highest BCUT2D eigenvalue weighted by molar-refractivity contribution is 5.21. The van der Waals surface area contributed by atoms with E-state index in [4.69, 9.17) is 0 Å². The highest BCUT2D eigenvalue weighted by Crippen LogP contribution is 2.36. The average molecular weight is 225 g/mol. The minimum Gasteiger partial charge on any atom is -0.315 e. The molecule has 0 amide bonds. The minimum atomic E-state index is -0.359. The molecule has 1 heterocycles. The van der Waals surface area contributed by atoms with Crippen molar-refractivity contribution in [1.82, 2.24) is 5.32 Å². The van der Waals surface area contributed by atoms with E-state index >= 15 is 0 Å². The maximum atomic E-state index is 13.5. The fourth-order valence-electron chi connectivity index (χ4n) is 2.24. The second-order valence-electron chi connectivity index (χ2n) is 5.03. The Balaban J connectivity index is 2.22. The van der Waals surface area contributed by atoms with Crippen LogP contribution in [0, 0.1) is 23.0 Å². The molecular weight excluding hydrogens is 208 g/mol. The molecule has 88 valence electrons. The van der Waals surface area contributed by atoms with Crippen LogP contribution in [0.5, 0.6) is 0 Å². The van der Waals surface area contributed by atoms with E-state index in [-0.39, 0.29) is 17.0 Å². The number of benzene rings is 1. The number of nitrogens with one attached hydrogen (secondary N) is 1. The Morgan fingerprint density at radius 3 is 2.50 bits per heavy atom. The van der Waals surface area contributed by atoms with E-state index in [1.807, 2.05) is 0 Å². The largest absolute Gasteiger partial charge is 0.315 e. The van der Waals surface area contributed by atoms with Crippen LogP contribution in [-0.4, -0.2) is 13.1 Å². The van der Waals surface area contributed by atoms with Crippen molar-refractivity contribution in [2.24, 2.45) is 11.3 Å². The molecule has 0 unspecified atom stereocenters. The second kappa shape index (κ2) is 4.13. The smallest absolute Gasteiger partial charge is 0.126 e. The Hall–Kier alpha value is -0.960. The van der Waals surface area contributed by atoms with Crippen LogP contribution in [0.2, 0.25) is 0 Å². The van der Waals surface area contributed by atoms with Crippen LogP contribution in [0.1, 0.15) is 19.4 Å². The lowest BCUT2D eigenvalue weighted by molar-refractivity contribution is 0.0981. The molecule has 0 spiro atoms. The molecule has 1 saturated heterocycles. The first-order valence-corrected chi connectivity index (χ1v) is 5.68. The van der Waals surface area contributed by atoms with Crippen molar-refractivity contribution in [3.05, 3.63) is 35.4 Å². The van der Waals surface area contributed by atoms with Crippen molar-refractivity contribution in [1.29, 1.82) is 0 Å². The van der Waals surface area contributed by atoms with Gasteiger partial charge in [0.25, 0.3) is 0 Å². The third-order valence-corrected chi connectivity index (χ3v) is 3.73. The van der Waals surface area contributed by atoms with Crippen molar-refractivity contribution in [3.63, 3.8) is 0 Å². The summed E-state index contributed by atoms with van der Waals surface area (Å²) >= 11 is 0. The molecule has 1 aliphatic rings. The zero-order chi connectivity index (χ0) is 11.8. The molecular formula is C13H17F2N. The first-order chi connectivity index (χ1) is 7.53. The van der Waals surface area contributed by atoms with Crippen LogP contribution in [-0.2, 0) is 6.42 Å². The molecule has 0 aromatic heterocycles. The fourth-order valence-corrected chi connectivity index (χ4v) is 2.24. The van der Waals surface area contributed by atoms with E-state index in [1.165, 1.54) is 18.2 Å². The zero-order valence-electron chi connectivity index (χ0n) is 9.69. The monoisotopic (exact) mass is 225 g/mol. The van der Waals surface area contributed by atoms with Gasteiger partial charge in [-0.3, -0.25) is 0 Å². The van der Waals surface area contributed by atoms with Gasteiger partial charge in [0, 0.05) is 18.5 Å². The third kappa shape index (κ3) is 1.96. The Bertz CT molecular complexity index is 384. The van der Waals surface area contributed by atoms with Gasteiger partial charge in [-0.25, -0.2) is 8.78 Å². The van der Waals surface area contributed by atoms with Crippen LogP contribution >= 0.6 is 0 Å². The van der Waals surface area contributed by atoms with Gasteiger partial charge in [0.15, 0.2) is 0 Å². The van der Waals surface area contributed by atoms with Gasteiger partial charge in [-0.05, 0) is 36.1 Å². The highest BCUT2D eigenvalue weighted by atomic mass is 19.1. The van der Waals surface area contributed by atoms with Crippen LogP contribution in [0.3, 0.4) is 0 Å². The lowest BCUT2D eigenvalue weighted by Gasteiger charge is -2.46. The van der Waals surface area contributed by atoms with E-state index in [0.29, 0.717) is 17.9 Å². The maximum absolute atomic E-state index is 13.5. The number of hydrogen-bond donors (Lipinski definition) is 1. The molecule has 16 heavy (non-hydrogen) atoms. The van der Waals surface area contributed by atoms with Crippen LogP contribution < -0.4 is 5.32 Å². The summed E-state index contributed by atoms with van der Waals surface area (Å²) in [5.74, 6) is -0.188. The summed E-state index contributed by atoms with van der Waals surface area (Å²) in [7, 11) is 0. The van der Waals surface area contributed by atoms with Gasteiger partial charge in [0.2, 0.25) is 0 Å². The summed E-state index contributed by atoms with van der Waals surface area (Å²) < 4.78 is 26.6. The number of rotatable bonds is 3. The summed E-state index contributed by atoms with van der Waals surface area (Å²) in [5.41, 5.74) is 0.587. The summed E-state index contributed by atoms with van der Waals surface area (Å²) in [5, 5.41) is 3.22. The zero-order valence-corrected chi connectivity index (χ0v) is 9.69. The van der Waals surface area contributed by atoms with E-state index in [9.17, 15) is 8.78 Å². The molecule has 2 rings (SSSR count). The normalized spacial score (nSPS) is 18.6. The first kappa shape index (κ1) is 11.5. The molecule has 3 heteroatoms. The molecule has 0 atom stereocenters. The van der Waals surface area contributed by atoms with Gasteiger partial charge >= 0.3 is 0 Å². The van der Waals surface area contributed by atoms with Gasteiger partial charge < -0.3 is 5.32 Å². The molecule has 1 aromatic rings. The Morgan fingerprint density at radius 1 is 1.31 bits per heavy atom. The first-order valence-electron chi connectivity index (χ1n) is 5.68. The van der Waals surface area contributed by atoms with E-state index in [0.717, 1.165) is 13.1 Å². The lowest BCUT2D eigenvalue weighted by atomic mass is 9.68. The van der Waals surface area contributed by atoms with Gasteiger partial charge in [-0.15, -0.1) is 0 Å². The summed E-state index contributed by atoms with van der Waals surface area (Å²) in [6, 6.07) is 3.70. The summed E-state index contributed by atoms with van der Waals surface area (Å²) in [4.78, 5) is 0. The van der Waals surface area contributed by atoms with Gasteiger partial charge in [0.05, 0.1) is 0 Å². The van der Waals surface area contributed by atoms with Gasteiger partial charge in [0.1, 0.15) is 11.6 Å². The molecule has 0 saturated carbocycles. The molecule has 0 bridgehead atoms. The molecule has 1 nitrogen and oxygen atoms in total. The van der Waals surface area contributed by atoms with E-state index in [2.05, 4.69) is 19.2 Å². The van der Waals surface area contributed by atoms with Gasteiger partial charge in [-0.1, -0.05) is 13.8 Å². The van der Waals surface area contributed by atoms with Crippen LogP contribution in [0.15, 0.2) is 18.2 Å². The van der Waals surface area contributed by atoms with Crippen molar-refractivity contribution in [2.75, 3.05) is 13.1 Å². The van der Waals surface area contributed by atoms with Crippen molar-refractivity contribution < 1.29 is 8.78 Å². The van der Waals surface area contributed by atoms with Crippen molar-refractivity contribution in [2.45, 2.75) is 20.3 Å². The van der Waals surface area contributed by atoms with Gasteiger partial charge in [-0.2, -0.15) is 0 Å².